The van der Waals surface area contributed by atoms with Crippen LogP contribution in [0.1, 0.15) is 46.2 Å². The van der Waals surface area contributed by atoms with Crippen molar-refractivity contribution in [1.29, 1.82) is 0 Å². The van der Waals surface area contributed by atoms with Crippen molar-refractivity contribution in [2.75, 3.05) is 72.1 Å². The molecule has 1 heterocycles. The SMILES string of the molecule is Cc1cc(C)c(-c2cc(C)c(OP(=O)(O)OCCCC(C(=O)O)N3CCN(CC(=O)O)CCN(Cc4ccccc4O)CCN(CC(=O)O)CC3)cc2C)c(C)c1. The van der Waals surface area contributed by atoms with Crippen molar-refractivity contribution < 1.29 is 53.3 Å². The van der Waals surface area contributed by atoms with Crippen LogP contribution < -0.4 is 4.52 Å². The van der Waals surface area contributed by atoms with E-state index < -0.39 is 31.8 Å². The quantitative estimate of drug-likeness (QED) is 0.0964. The molecule has 312 valence electrons. The Balaban J connectivity index is 1.43. The summed E-state index contributed by atoms with van der Waals surface area (Å²) in [6.07, 6.45) is 0.118. The number of phosphoric ester groups is 1. The number of hydrogen-bond donors (Lipinski definition) is 5. The molecular weight excluding hydrogens is 755 g/mol. The fourth-order valence-electron chi connectivity index (χ4n) is 7.44. The van der Waals surface area contributed by atoms with E-state index in [4.69, 9.17) is 9.05 Å². The summed E-state index contributed by atoms with van der Waals surface area (Å²) in [6.45, 7) is 11.7. The lowest BCUT2D eigenvalue weighted by atomic mass is 9.90. The van der Waals surface area contributed by atoms with Gasteiger partial charge in [-0.05, 0) is 99.0 Å². The number of phenols is 1. The molecule has 0 aliphatic carbocycles. The number of aromatic hydroxyl groups is 1. The lowest BCUT2D eigenvalue weighted by Crippen LogP contribution is -2.51. The average Bonchev–Trinajstić information content (AvgIpc) is 3.10. The molecule has 5 N–H and O–H groups in total. The van der Waals surface area contributed by atoms with Crippen molar-refractivity contribution in [2.24, 2.45) is 0 Å². The number of aryl methyl sites for hydroxylation is 5. The van der Waals surface area contributed by atoms with Crippen LogP contribution in [0.5, 0.6) is 11.5 Å². The number of carboxylic acids is 3. The Labute approximate surface area is 334 Å². The first-order chi connectivity index (χ1) is 26.9. The summed E-state index contributed by atoms with van der Waals surface area (Å²) < 4.78 is 23.9. The minimum Gasteiger partial charge on any atom is -0.508 e. The van der Waals surface area contributed by atoms with Gasteiger partial charge in [0, 0.05) is 64.5 Å². The molecule has 15 nitrogen and oxygen atoms in total. The van der Waals surface area contributed by atoms with Gasteiger partial charge in [0.05, 0.1) is 19.7 Å². The molecule has 4 rings (SSSR count). The minimum atomic E-state index is -4.60. The Morgan fingerprint density at radius 3 is 1.82 bits per heavy atom. The van der Waals surface area contributed by atoms with Crippen LogP contribution in [0, 0.1) is 34.6 Å². The summed E-state index contributed by atoms with van der Waals surface area (Å²) >= 11 is 0. The van der Waals surface area contributed by atoms with Gasteiger partial charge < -0.3 is 24.9 Å². The van der Waals surface area contributed by atoms with E-state index in [1.165, 1.54) is 0 Å². The Morgan fingerprint density at radius 1 is 0.737 bits per heavy atom. The molecule has 0 spiro atoms. The summed E-state index contributed by atoms with van der Waals surface area (Å²) in [5, 5.41) is 40.1. The van der Waals surface area contributed by atoms with Gasteiger partial charge in [-0.15, -0.1) is 0 Å². The van der Waals surface area contributed by atoms with E-state index in [9.17, 15) is 44.3 Å². The summed E-state index contributed by atoms with van der Waals surface area (Å²) in [4.78, 5) is 54.1. The zero-order chi connectivity index (χ0) is 41.9. The molecule has 0 aromatic heterocycles. The Morgan fingerprint density at radius 2 is 1.28 bits per heavy atom. The van der Waals surface area contributed by atoms with Crippen LogP contribution >= 0.6 is 7.82 Å². The van der Waals surface area contributed by atoms with Gasteiger partial charge in [-0.1, -0.05) is 35.9 Å². The van der Waals surface area contributed by atoms with Gasteiger partial charge in [0.15, 0.2) is 0 Å². The number of aliphatic carboxylic acids is 3. The van der Waals surface area contributed by atoms with Crippen molar-refractivity contribution in [3.8, 4) is 22.6 Å². The number of rotatable bonds is 16. The predicted octanol–water partition coefficient (Wildman–Crippen LogP) is 4.92. The Hall–Kier alpha value is -4.34. The van der Waals surface area contributed by atoms with E-state index >= 15 is 0 Å². The molecule has 1 saturated heterocycles. The molecule has 2 unspecified atom stereocenters. The smallest absolute Gasteiger partial charge is 0.508 e. The van der Waals surface area contributed by atoms with Gasteiger partial charge in [-0.3, -0.25) is 43.4 Å². The highest BCUT2D eigenvalue weighted by Gasteiger charge is 2.29. The fourth-order valence-corrected chi connectivity index (χ4v) is 8.30. The lowest BCUT2D eigenvalue weighted by molar-refractivity contribution is -0.145. The van der Waals surface area contributed by atoms with Gasteiger partial charge in [0.1, 0.15) is 17.5 Å². The number of phenolic OH excluding ortho intramolecular Hbond substituents is 1. The molecule has 0 bridgehead atoms. The van der Waals surface area contributed by atoms with Gasteiger partial charge in [0.2, 0.25) is 0 Å². The van der Waals surface area contributed by atoms with Crippen LogP contribution in [-0.2, 0) is 30.0 Å². The first kappa shape index (κ1) is 45.4. The summed E-state index contributed by atoms with van der Waals surface area (Å²) in [7, 11) is -4.60. The topological polar surface area (TPSA) is 201 Å². The third-order valence-corrected chi connectivity index (χ3v) is 11.2. The summed E-state index contributed by atoms with van der Waals surface area (Å²) in [5.74, 6) is -2.88. The number of carbonyl (C=O) groups is 3. The van der Waals surface area contributed by atoms with Gasteiger partial charge in [-0.2, -0.15) is 0 Å². The number of hydrogen-bond acceptors (Lipinski definition) is 11. The zero-order valence-electron chi connectivity index (χ0n) is 33.5. The summed E-state index contributed by atoms with van der Waals surface area (Å²) in [6, 6.07) is 13.7. The van der Waals surface area contributed by atoms with Gasteiger partial charge in [-0.25, -0.2) is 4.57 Å². The third kappa shape index (κ3) is 13.9. The molecule has 1 aliphatic rings. The van der Waals surface area contributed by atoms with Crippen LogP contribution in [0.4, 0.5) is 0 Å². The van der Waals surface area contributed by atoms with Crippen molar-refractivity contribution in [3.05, 3.63) is 81.9 Å². The van der Waals surface area contributed by atoms with Crippen molar-refractivity contribution in [2.45, 2.75) is 60.0 Å². The highest BCUT2D eigenvalue weighted by Crippen LogP contribution is 2.46. The Kier molecular flexibility index (Phi) is 16.6. The van der Waals surface area contributed by atoms with Crippen LogP contribution in [0.3, 0.4) is 0 Å². The standard InChI is InChI=1S/C41H57N4O11P/c1-28-21-31(4)40(32(5)22-28)34-23-30(3)37(24-29(34)2)56-57(53,54)55-20-8-10-35(41(51)52)45-18-16-43(26-38(47)48)14-12-42(25-33-9-6-7-11-36(33)46)13-15-44(17-19-45)27-39(49)50/h6-7,9,11,21-24,35,46H,8,10,12-20,25-27H2,1-5H3,(H,47,48)(H,49,50)(H,51,52)(H,53,54). The number of para-hydroxylation sites is 1. The molecule has 2 atom stereocenters. The number of nitrogens with zero attached hydrogens (tertiary/aromatic N) is 4. The molecule has 57 heavy (non-hydrogen) atoms. The molecule has 1 aliphatic heterocycles. The van der Waals surface area contributed by atoms with Crippen LogP contribution in [-0.4, -0.2) is 141 Å². The average molecular weight is 813 g/mol. The van der Waals surface area contributed by atoms with E-state index in [1.54, 1.807) is 45.9 Å². The van der Waals surface area contributed by atoms with E-state index in [0.29, 0.717) is 43.9 Å². The first-order valence-corrected chi connectivity index (χ1v) is 20.6. The molecule has 0 amide bonds. The third-order valence-electron chi connectivity index (χ3n) is 10.3. The maximum absolute atomic E-state index is 13.1. The fraction of sp³-hybridized carbons (Fsp3) is 0.488. The van der Waals surface area contributed by atoms with Gasteiger partial charge in [0.25, 0.3) is 0 Å². The van der Waals surface area contributed by atoms with E-state index in [2.05, 4.69) is 26.0 Å². The largest absolute Gasteiger partial charge is 0.527 e. The molecule has 3 aromatic carbocycles. The summed E-state index contributed by atoms with van der Waals surface area (Å²) in [5.41, 5.74) is 7.68. The van der Waals surface area contributed by atoms with Crippen LogP contribution in [0.25, 0.3) is 11.1 Å². The molecule has 0 saturated carbocycles. The zero-order valence-corrected chi connectivity index (χ0v) is 34.4. The second-order valence-corrected chi connectivity index (χ2v) is 16.3. The number of benzene rings is 3. The first-order valence-electron chi connectivity index (χ1n) is 19.1. The number of carboxylic acid groups (broad SMARTS) is 3. The van der Waals surface area contributed by atoms with Gasteiger partial charge >= 0.3 is 25.7 Å². The second-order valence-electron chi connectivity index (χ2n) is 14.9. The maximum Gasteiger partial charge on any atom is 0.527 e. The van der Waals surface area contributed by atoms with E-state index in [1.807, 2.05) is 30.9 Å². The molecule has 1 fully saturated rings. The maximum atomic E-state index is 13.1. The number of phosphoric acid groups is 1. The van der Waals surface area contributed by atoms with Crippen molar-refractivity contribution in [1.82, 2.24) is 19.6 Å². The van der Waals surface area contributed by atoms with Crippen molar-refractivity contribution in [3.63, 3.8) is 0 Å². The highest BCUT2D eigenvalue weighted by atomic mass is 31.2. The molecular formula is C41H57N4O11P. The van der Waals surface area contributed by atoms with Crippen molar-refractivity contribution >= 4 is 25.7 Å². The van der Waals surface area contributed by atoms with Crippen LogP contribution in [0.2, 0.25) is 0 Å². The van der Waals surface area contributed by atoms with Crippen LogP contribution in [0.15, 0.2) is 48.5 Å². The monoisotopic (exact) mass is 812 g/mol. The Bertz CT molecular complexity index is 1870. The molecule has 3 aromatic rings. The molecule has 16 heteroatoms. The minimum absolute atomic E-state index is 0.0314. The predicted molar refractivity (Wildman–Crippen MR) is 216 cm³/mol. The normalized spacial score (nSPS) is 17.2. The highest BCUT2D eigenvalue weighted by molar-refractivity contribution is 7.47. The van der Waals surface area contributed by atoms with E-state index in [0.717, 1.165) is 33.4 Å². The lowest BCUT2D eigenvalue weighted by Gasteiger charge is -2.35. The van der Waals surface area contributed by atoms with E-state index in [-0.39, 0.29) is 70.2 Å². The molecule has 0 radical (unpaired) electrons. The second kappa shape index (κ2) is 20.9.